The predicted octanol–water partition coefficient (Wildman–Crippen LogP) is 3.21. The van der Waals surface area contributed by atoms with Crippen molar-refractivity contribution in [2.45, 2.75) is 39.0 Å². The van der Waals surface area contributed by atoms with E-state index in [9.17, 15) is 0 Å². The van der Waals surface area contributed by atoms with E-state index in [-0.39, 0.29) is 0 Å². The van der Waals surface area contributed by atoms with Crippen LogP contribution in [0.5, 0.6) is 0 Å². The first kappa shape index (κ1) is 13.2. The molecule has 5 heteroatoms. The zero-order valence-corrected chi connectivity index (χ0v) is 12.0. The van der Waals surface area contributed by atoms with E-state index >= 15 is 0 Å². The molecule has 1 unspecified atom stereocenters. The van der Waals surface area contributed by atoms with Gasteiger partial charge in [-0.25, -0.2) is 4.63 Å². The van der Waals surface area contributed by atoms with Gasteiger partial charge in [-0.15, -0.1) is 0 Å². The van der Waals surface area contributed by atoms with Crippen molar-refractivity contribution in [1.82, 2.24) is 10.3 Å². The van der Waals surface area contributed by atoms with Crippen LogP contribution in [0.4, 0.5) is 11.4 Å². The number of nitrogens with two attached hydrogens (primary N) is 1. The highest BCUT2D eigenvalue weighted by Crippen LogP contribution is 2.31. The van der Waals surface area contributed by atoms with Crippen LogP contribution in [0, 0.1) is 5.92 Å². The normalized spacial score (nSPS) is 20.2. The topological polar surface area (TPSA) is 68.2 Å². The maximum atomic E-state index is 5.91. The third-order valence-corrected chi connectivity index (χ3v) is 4.31. The molecule has 2 heterocycles. The lowest BCUT2D eigenvalue weighted by Gasteiger charge is -2.23. The van der Waals surface area contributed by atoms with Crippen molar-refractivity contribution in [3.63, 3.8) is 0 Å². The number of benzene rings is 1. The number of anilines is 2. The third kappa shape index (κ3) is 2.44. The van der Waals surface area contributed by atoms with Crippen LogP contribution < -0.4 is 10.6 Å². The van der Waals surface area contributed by atoms with E-state index in [2.05, 4.69) is 22.1 Å². The van der Waals surface area contributed by atoms with Gasteiger partial charge in [0.2, 0.25) is 0 Å². The number of nitrogens with zero attached hydrogens (tertiary/aromatic N) is 3. The first-order valence-electron chi connectivity index (χ1n) is 7.55. The summed E-state index contributed by atoms with van der Waals surface area (Å²) >= 11 is 0. The number of fused-ring (bicyclic) bond motifs is 1. The van der Waals surface area contributed by atoms with E-state index in [1.54, 1.807) is 0 Å². The average Bonchev–Trinajstić information content (AvgIpc) is 2.83. The molecule has 0 saturated carbocycles. The molecule has 1 fully saturated rings. The zero-order chi connectivity index (χ0) is 13.9. The molecule has 1 aromatic heterocycles. The van der Waals surface area contributed by atoms with Crippen molar-refractivity contribution >= 4 is 22.4 Å². The summed E-state index contributed by atoms with van der Waals surface area (Å²) in [6, 6.07) is 3.94. The molecule has 1 aromatic carbocycles. The first-order chi connectivity index (χ1) is 9.79. The van der Waals surface area contributed by atoms with Gasteiger partial charge in [-0.1, -0.05) is 19.8 Å². The van der Waals surface area contributed by atoms with Gasteiger partial charge in [0.05, 0.1) is 11.4 Å². The van der Waals surface area contributed by atoms with Gasteiger partial charge in [0.25, 0.3) is 0 Å². The lowest BCUT2D eigenvalue weighted by Crippen LogP contribution is -2.24. The van der Waals surface area contributed by atoms with Crippen LogP contribution in [0.2, 0.25) is 0 Å². The number of nitrogen functional groups attached to an aromatic ring is 1. The van der Waals surface area contributed by atoms with Crippen molar-refractivity contribution in [3.8, 4) is 0 Å². The lowest BCUT2D eigenvalue weighted by molar-refractivity contribution is 0.315. The summed E-state index contributed by atoms with van der Waals surface area (Å²) in [7, 11) is 0. The minimum absolute atomic E-state index is 0.628. The Morgan fingerprint density at radius 2 is 2.10 bits per heavy atom. The maximum Gasteiger partial charge on any atom is 0.160 e. The summed E-state index contributed by atoms with van der Waals surface area (Å²) in [5.74, 6) is 0.865. The molecule has 1 aliphatic rings. The Kier molecular flexibility index (Phi) is 3.76. The Morgan fingerprint density at radius 3 is 2.95 bits per heavy atom. The number of hydrogen-bond donors (Lipinski definition) is 1. The van der Waals surface area contributed by atoms with Crippen molar-refractivity contribution in [1.29, 1.82) is 0 Å². The molecule has 0 radical (unpaired) electrons. The van der Waals surface area contributed by atoms with Crippen molar-refractivity contribution in [2.75, 3.05) is 23.7 Å². The Balaban J connectivity index is 1.84. The molecule has 5 nitrogen and oxygen atoms in total. The second-order valence-corrected chi connectivity index (χ2v) is 5.71. The monoisotopic (exact) mass is 274 g/mol. The highest BCUT2D eigenvalue weighted by molar-refractivity contribution is 5.95. The molecule has 1 saturated heterocycles. The van der Waals surface area contributed by atoms with Crippen LogP contribution in [0.15, 0.2) is 16.8 Å². The summed E-state index contributed by atoms with van der Waals surface area (Å²) in [6.07, 6.45) is 6.45. The van der Waals surface area contributed by atoms with Gasteiger partial charge >= 0.3 is 0 Å². The number of aromatic nitrogens is 2. The van der Waals surface area contributed by atoms with Gasteiger partial charge in [0.15, 0.2) is 11.0 Å². The van der Waals surface area contributed by atoms with E-state index in [0.29, 0.717) is 11.2 Å². The third-order valence-electron chi connectivity index (χ3n) is 4.31. The maximum absolute atomic E-state index is 5.91. The molecule has 0 aliphatic carbocycles. The Bertz CT molecular complexity index is 580. The molecular weight excluding hydrogens is 252 g/mol. The van der Waals surface area contributed by atoms with Crippen LogP contribution in [0.3, 0.4) is 0 Å². The molecule has 3 rings (SSSR count). The Morgan fingerprint density at radius 1 is 1.25 bits per heavy atom. The smallest absolute Gasteiger partial charge is 0.160 e. The molecule has 1 atom stereocenters. The van der Waals surface area contributed by atoms with E-state index in [0.717, 1.165) is 30.2 Å². The molecule has 0 bridgehead atoms. The fraction of sp³-hybridized carbons (Fsp3) is 0.600. The fourth-order valence-electron chi connectivity index (χ4n) is 3.23. The Labute approximate surface area is 119 Å². The standard InChI is InChI=1S/C15H22N4O/c1-2-4-11-5-3-9-19(10-8-11)13-7-6-12(16)14-15(13)18-20-17-14/h6-7,11H,2-5,8-10,16H2,1H3. The summed E-state index contributed by atoms with van der Waals surface area (Å²) in [4.78, 5) is 2.40. The van der Waals surface area contributed by atoms with Crippen LogP contribution in [0.25, 0.3) is 11.0 Å². The zero-order valence-electron chi connectivity index (χ0n) is 12.0. The van der Waals surface area contributed by atoms with E-state index < -0.39 is 0 Å². The van der Waals surface area contributed by atoms with Crippen molar-refractivity contribution < 1.29 is 4.63 Å². The van der Waals surface area contributed by atoms with E-state index in [1.807, 2.05) is 12.1 Å². The summed E-state index contributed by atoms with van der Waals surface area (Å²) in [5, 5.41) is 7.94. The summed E-state index contributed by atoms with van der Waals surface area (Å²) in [6.45, 7) is 4.43. The van der Waals surface area contributed by atoms with Crippen molar-refractivity contribution in [3.05, 3.63) is 12.1 Å². The van der Waals surface area contributed by atoms with Gasteiger partial charge in [0.1, 0.15) is 0 Å². The van der Waals surface area contributed by atoms with Crippen LogP contribution >= 0.6 is 0 Å². The number of rotatable bonds is 3. The molecule has 2 aromatic rings. The summed E-state index contributed by atoms with van der Waals surface area (Å²) < 4.78 is 4.86. The van der Waals surface area contributed by atoms with E-state index in [1.165, 1.54) is 32.1 Å². The largest absolute Gasteiger partial charge is 0.397 e. The second-order valence-electron chi connectivity index (χ2n) is 5.71. The second kappa shape index (κ2) is 5.69. The highest BCUT2D eigenvalue weighted by atomic mass is 16.6. The highest BCUT2D eigenvalue weighted by Gasteiger charge is 2.20. The minimum Gasteiger partial charge on any atom is -0.397 e. The molecule has 20 heavy (non-hydrogen) atoms. The SMILES string of the molecule is CCCC1CCCN(c2ccc(N)c3nonc23)CC1. The van der Waals surface area contributed by atoms with Gasteiger partial charge in [0, 0.05) is 13.1 Å². The van der Waals surface area contributed by atoms with Crippen LogP contribution in [0.1, 0.15) is 39.0 Å². The number of hydrogen-bond acceptors (Lipinski definition) is 5. The molecule has 2 N–H and O–H groups in total. The first-order valence-corrected chi connectivity index (χ1v) is 7.55. The van der Waals surface area contributed by atoms with Gasteiger partial charge in [-0.3, -0.25) is 0 Å². The fourth-order valence-corrected chi connectivity index (χ4v) is 3.23. The Hall–Kier alpha value is -1.78. The quantitative estimate of drug-likeness (QED) is 0.870. The molecular formula is C15H22N4O. The van der Waals surface area contributed by atoms with Crippen molar-refractivity contribution in [2.24, 2.45) is 5.92 Å². The van der Waals surface area contributed by atoms with Crippen LogP contribution in [-0.2, 0) is 0 Å². The molecule has 0 amide bonds. The minimum atomic E-state index is 0.628. The van der Waals surface area contributed by atoms with Crippen LogP contribution in [-0.4, -0.2) is 23.4 Å². The average molecular weight is 274 g/mol. The van der Waals surface area contributed by atoms with Gasteiger partial charge < -0.3 is 10.6 Å². The molecule has 108 valence electrons. The van der Waals surface area contributed by atoms with Gasteiger partial charge in [-0.2, -0.15) is 0 Å². The molecule has 0 spiro atoms. The van der Waals surface area contributed by atoms with Gasteiger partial charge in [-0.05, 0) is 47.6 Å². The predicted molar refractivity (Wildman–Crippen MR) is 80.7 cm³/mol. The molecule has 1 aliphatic heterocycles. The summed E-state index contributed by atoms with van der Waals surface area (Å²) in [5.41, 5.74) is 9.11. The van der Waals surface area contributed by atoms with E-state index in [4.69, 9.17) is 10.4 Å². The lowest BCUT2D eigenvalue weighted by atomic mass is 9.96.